The van der Waals surface area contributed by atoms with Crippen molar-refractivity contribution in [3.63, 3.8) is 0 Å². The van der Waals surface area contributed by atoms with Crippen molar-refractivity contribution in [2.75, 3.05) is 6.54 Å². The fraction of sp³-hybridized carbons (Fsp3) is 0.529. The lowest BCUT2D eigenvalue weighted by Crippen LogP contribution is -2.41. The van der Waals surface area contributed by atoms with Gasteiger partial charge in [0.1, 0.15) is 5.82 Å². The predicted molar refractivity (Wildman–Crippen MR) is 78.6 cm³/mol. The van der Waals surface area contributed by atoms with E-state index in [9.17, 15) is 14.0 Å². The van der Waals surface area contributed by atoms with Crippen LogP contribution in [0, 0.1) is 17.7 Å². The number of aliphatic carboxylic acids is 1. The molecular formula is C17H20FNO3. The molecule has 1 aromatic rings. The van der Waals surface area contributed by atoms with Gasteiger partial charge in [-0.25, -0.2) is 4.39 Å². The number of carboxylic acid groups (broad SMARTS) is 1. The third kappa shape index (κ3) is 2.85. The number of carbonyl (C=O) groups is 2. The number of benzene rings is 1. The van der Waals surface area contributed by atoms with E-state index >= 15 is 0 Å². The van der Waals surface area contributed by atoms with Crippen molar-refractivity contribution in [1.82, 2.24) is 4.90 Å². The van der Waals surface area contributed by atoms with Gasteiger partial charge in [0.2, 0.25) is 5.91 Å². The van der Waals surface area contributed by atoms with Crippen molar-refractivity contribution in [3.8, 4) is 0 Å². The molecule has 1 aromatic carbocycles. The zero-order valence-electron chi connectivity index (χ0n) is 12.4. The van der Waals surface area contributed by atoms with Gasteiger partial charge in [0.05, 0.1) is 5.92 Å². The Bertz CT molecular complexity index is 594. The number of halogens is 1. The van der Waals surface area contributed by atoms with Crippen LogP contribution in [0.2, 0.25) is 0 Å². The van der Waals surface area contributed by atoms with E-state index in [-0.39, 0.29) is 23.6 Å². The van der Waals surface area contributed by atoms with Gasteiger partial charge < -0.3 is 10.0 Å². The molecular weight excluding hydrogens is 285 g/mol. The van der Waals surface area contributed by atoms with Gasteiger partial charge in [0.25, 0.3) is 0 Å². The number of carboxylic acids is 1. The van der Waals surface area contributed by atoms with Crippen molar-refractivity contribution >= 4 is 11.9 Å². The molecule has 0 unspecified atom stereocenters. The maximum absolute atomic E-state index is 13.7. The maximum Gasteiger partial charge on any atom is 0.306 e. The van der Waals surface area contributed by atoms with Gasteiger partial charge >= 0.3 is 5.97 Å². The third-order valence-electron chi connectivity index (χ3n) is 4.95. The second-order valence-corrected chi connectivity index (χ2v) is 6.27. The lowest BCUT2D eigenvalue weighted by Gasteiger charge is -2.34. The summed E-state index contributed by atoms with van der Waals surface area (Å²) in [4.78, 5) is 25.4. The Morgan fingerprint density at radius 3 is 2.50 bits per heavy atom. The van der Waals surface area contributed by atoms with Crippen LogP contribution in [0.25, 0.3) is 0 Å². The molecule has 0 spiro atoms. The number of amides is 1. The van der Waals surface area contributed by atoms with Crippen molar-refractivity contribution in [2.45, 2.75) is 38.6 Å². The summed E-state index contributed by atoms with van der Waals surface area (Å²) >= 11 is 0. The Kier molecular flexibility index (Phi) is 4.14. The molecule has 0 saturated heterocycles. The highest BCUT2D eigenvalue weighted by atomic mass is 19.1. The molecule has 1 N–H and O–H groups in total. The molecule has 0 radical (unpaired) electrons. The van der Waals surface area contributed by atoms with E-state index in [0.717, 1.165) is 11.1 Å². The smallest absolute Gasteiger partial charge is 0.306 e. The van der Waals surface area contributed by atoms with E-state index in [1.54, 1.807) is 11.0 Å². The number of hydrogen-bond donors (Lipinski definition) is 1. The molecule has 3 rings (SSSR count). The normalized spacial score (nSPS) is 24.7. The average Bonchev–Trinajstić information content (AvgIpc) is 2.54. The lowest BCUT2D eigenvalue weighted by atomic mass is 9.81. The maximum atomic E-state index is 13.7. The molecule has 5 heteroatoms. The first-order chi connectivity index (χ1) is 10.6. The van der Waals surface area contributed by atoms with Crippen molar-refractivity contribution < 1.29 is 19.1 Å². The van der Waals surface area contributed by atoms with Crippen molar-refractivity contribution in [1.29, 1.82) is 0 Å². The summed E-state index contributed by atoms with van der Waals surface area (Å²) < 4.78 is 13.7. The van der Waals surface area contributed by atoms with E-state index in [2.05, 4.69) is 0 Å². The van der Waals surface area contributed by atoms with E-state index < -0.39 is 5.97 Å². The summed E-state index contributed by atoms with van der Waals surface area (Å²) in [6, 6.07) is 5.02. The molecule has 1 heterocycles. The topological polar surface area (TPSA) is 57.6 Å². The van der Waals surface area contributed by atoms with Crippen LogP contribution in [0.15, 0.2) is 18.2 Å². The highest BCUT2D eigenvalue weighted by molar-refractivity contribution is 5.79. The summed E-state index contributed by atoms with van der Waals surface area (Å²) in [6.07, 6.45) is 2.98. The van der Waals surface area contributed by atoms with Gasteiger partial charge in [-0.15, -0.1) is 0 Å². The molecule has 22 heavy (non-hydrogen) atoms. The summed E-state index contributed by atoms with van der Waals surface area (Å²) in [7, 11) is 0. The second kappa shape index (κ2) is 6.07. The summed E-state index contributed by atoms with van der Waals surface area (Å²) in [5.74, 6) is -1.23. The molecule has 4 nitrogen and oxygen atoms in total. The molecule has 1 aliphatic carbocycles. The number of carbonyl (C=O) groups excluding carboxylic acids is 1. The van der Waals surface area contributed by atoms with Crippen LogP contribution in [0.3, 0.4) is 0 Å². The zero-order valence-corrected chi connectivity index (χ0v) is 12.4. The lowest BCUT2D eigenvalue weighted by molar-refractivity contribution is -0.146. The van der Waals surface area contributed by atoms with Crippen LogP contribution < -0.4 is 0 Å². The summed E-state index contributed by atoms with van der Waals surface area (Å²) in [5.41, 5.74) is 1.61. The van der Waals surface area contributed by atoms with Crippen LogP contribution in [-0.4, -0.2) is 28.4 Å². The quantitative estimate of drug-likeness (QED) is 0.913. The van der Waals surface area contributed by atoms with Gasteiger partial charge in [-0.2, -0.15) is 0 Å². The van der Waals surface area contributed by atoms with Crippen LogP contribution in [0.1, 0.15) is 36.8 Å². The fourth-order valence-electron chi connectivity index (χ4n) is 3.60. The van der Waals surface area contributed by atoms with Crippen LogP contribution in [0.5, 0.6) is 0 Å². The van der Waals surface area contributed by atoms with Crippen LogP contribution in [-0.2, 0) is 22.6 Å². The van der Waals surface area contributed by atoms with E-state index in [1.807, 2.05) is 6.07 Å². The van der Waals surface area contributed by atoms with Gasteiger partial charge in [-0.1, -0.05) is 12.1 Å². The zero-order chi connectivity index (χ0) is 15.7. The Morgan fingerprint density at radius 2 is 1.82 bits per heavy atom. The number of fused-ring (bicyclic) bond motifs is 1. The first-order valence-electron chi connectivity index (χ1n) is 7.84. The Balaban J connectivity index is 1.64. The Labute approximate surface area is 128 Å². The third-order valence-corrected chi connectivity index (χ3v) is 4.95. The van der Waals surface area contributed by atoms with E-state index in [0.29, 0.717) is 45.2 Å². The van der Waals surface area contributed by atoms with Gasteiger partial charge in [-0.3, -0.25) is 9.59 Å². The standard InChI is InChI=1S/C17H20FNO3/c18-15-3-1-2-13-10-19(9-8-14(13)15)16(20)11-4-6-12(7-5-11)17(21)22/h1-3,11-12H,4-10H2,(H,21,22). The van der Waals surface area contributed by atoms with Crippen molar-refractivity contribution in [3.05, 3.63) is 35.1 Å². The summed E-state index contributed by atoms with van der Waals surface area (Å²) in [5, 5.41) is 9.02. The number of rotatable bonds is 2. The minimum absolute atomic E-state index is 0.0780. The first-order valence-corrected chi connectivity index (χ1v) is 7.84. The molecule has 0 aromatic heterocycles. The molecule has 1 amide bonds. The minimum atomic E-state index is -0.756. The largest absolute Gasteiger partial charge is 0.481 e. The van der Waals surface area contributed by atoms with Crippen LogP contribution in [0.4, 0.5) is 4.39 Å². The Morgan fingerprint density at radius 1 is 1.14 bits per heavy atom. The van der Waals surface area contributed by atoms with Crippen LogP contribution >= 0.6 is 0 Å². The van der Waals surface area contributed by atoms with Gasteiger partial charge in [0.15, 0.2) is 0 Å². The van der Waals surface area contributed by atoms with E-state index in [4.69, 9.17) is 5.11 Å². The molecule has 2 aliphatic rings. The van der Waals surface area contributed by atoms with E-state index in [1.165, 1.54) is 6.07 Å². The highest BCUT2D eigenvalue weighted by Crippen LogP contribution is 2.31. The fourth-order valence-corrected chi connectivity index (χ4v) is 3.60. The predicted octanol–water partition coefficient (Wildman–Crippen LogP) is 2.60. The van der Waals surface area contributed by atoms with Gasteiger partial charge in [-0.05, 0) is 49.3 Å². The average molecular weight is 305 g/mol. The first kappa shape index (κ1) is 15.0. The monoisotopic (exact) mass is 305 g/mol. The highest BCUT2D eigenvalue weighted by Gasteiger charge is 2.33. The van der Waals surface area contributed by atoms with Gasteiger partial charge in [0, 0.05) is 19.0 Å². The SMILES string of the molecule is O=C(O)C1CCC(C(=O)N2CCc3c(F)cccc3C2)CC1. The van der Waals surface area contributed by atoms with Crippen molar-refractivity contribution in [2.24, 2.45) is 11.8 Å². The molecule has 1 fully saturated rings. The number of hydrogen-bond acceptors (Lipinski definition) is 2. The molecule has 0 atom stereocenters. The Hall–Kier alpha value is -1.91. The second-order valence-electron chi connectivity index (χ2n) is 6.27. The summed E-state index contributed by atoms with van der Waals surface area (Å²) in [6.45, 7) is 1.01. The molecule has 1 aliphatic heterocycles. The molecule has 118 valence electrons. The number of nitrogens with zero attached hydrogens (tertiary/aromatic N) is 1. The molecule has 1 saturated carbocycles. The minimum Gasteiger partial charge on any atom is -0.481 e. The molecule has 0 bridgehead atoms.